The molecule has 0 saturated heterocycles. The van der Waals surface area contributed by atoms with Crippen LogP contribution in [0, 0.1) is 0 Å². The number of thiophene rings is 2. The minimum absolute atomic E-state index is 0. The first kappa shape index (κ1) is 39.5. The fourth-order valence-corrected chi connectivity index (χ4v) is 5.58. The second-order valence-corrected chi connectivity index (χ2v) is 11.3. The van der Waals surface area contributed by atoms with Gasteiger partial charge in [-0.1, -0.05) is 21.3 Å². The van der Waals surface area contributed by atoms with Gasteiger partial charge < -0.3 is 18.9 Å². The van der Waals surface area contributed by atoms with Crippen molar-refractivity contribution in [1.82, 2.24) is 0 Å². The molecule has 0 aliphatic rings. The van der Waals surface area contributed by atoms with Crippen LogP contribution >= 0.6 is 67.3 Å². The predicted molar refractivity (Wildman–Crippen MR) is 152 cm³/mol. The third-order valence-corrected chi connectivity index (χ3v) is 6.64. The zero-order valence-electron chi connectivity index (χ0n) is 19.8. The van der Waals surface area contributed by atoms with Gasteiger partial charge in [0.1, 0.15) is 7.57 Å². The van der Waals surface area contributed by atoms with Crippen LogP contribution in [0.25, 0.3) is 0 Å². The van der Waals surface area contributed by atoms with Gasteiger partial charge in [0, 0.05) is 10.8 Å². The van der Waals surface area contributed by atoms with Gasteiger partial charge in [-0.05, 0) is 44.7 Å². The van der Waals surface area contributed by atoms with Crippen molar-refractivity contribution in [3.05, 3.63) is 18.3 Å². The second-order valence-electron chi connectivity index (χ2n) is 6.65. The molecule has 2 heterocycles. The maximum atomic E-state index is 12.0. The fraction of sp³-hybridized carbons (Fsp3) is 0.619. The standard InChI is InChI=1S/C10H11Br2F3O2S.C10H13F3O2S.CH4.BHNS/c1-2-4-16-6-7(9(12)18-8(6)11)17-5-3-10(13,14)15;1-2-4-14-8-6-16-7-9(8)15-5-3-10(11,12)13;;1-2-3/h2-5H2,1H3;6-7H,2-5H2,1H3;1H4;3H. The van der Waals surface area contributed by atoms with Crippen molar-refractivity contribution in [2.45, 2.75) is 59.3 Å². The molecule has 2 rings (SSSR count). The van der Waals surface area contributed by atoms with E-state index in [0.717, 1.165) is 12.8 Å². The average molecular weight is 740 g/mol. The molecule has 0 saturated carbocycles. The number of ether oxygens (including phenoxy) is 4. The van der Waals surface area contributed by atoms with Gasteiger partial charge in [-0.15, -0.1) is 22.7 Å². The molecule has 0 aromatic carbocycles. The summed E-state index contributed by atoms with van der Waals surface area (Å²) in [4.78, 5) is 0. The van der Waals surface area contributed by atoms with E-state index < -0.39 is 31.8 Å². The number of rotatable bonds is 12. The Labute approximate surface area is 250 Å². The van der Waals surface area contributed by atoms with Crippen LogP contribution in [0.3, 0.4) is 0 Å². The Kier molecular flexibility index (Phi) is 22.0. The Morgan fingerprint density at radius 2 is 1.13 bits per heavy atom. The molecule has 0 atom stereocenters. The molecular formula is C21H29BBr2F6NO4S3. The quantitative estimate of drug-likeness (QED) is 0.134. The summed E-state index contributed by atoms with van der Waals surface area (Å²) in [5.74, 6) is 1.69. The number of hydrogen-bond donors (Lipinski definition) is 1. The van der Waals surface area contributed by atoms with Gasteiger partial charge in [-0.3, -0.25) is 0 Å². The molecule has 1 radical (unpaired) electrons. The monoisotopic (exact) mass is 738 g/mol. The molecule has 0 bridgehead atoms. The SMILES string of the molecule is C.CCCOc1c(Br)sc(Br)c1OCCC(F)(F)F.CCCOc1cscc1OCCC(F)(F)F.[B]=NS. The van der Waals surface area contributed by atoms with Crippen molar-refractivity contribution >= 4 is 75.0 Å². The first-order chi connectivity index (χ1) is 17.3. The Hall–Kier alpha value is -0.645. The van der Waals surface area contributed by atoms with Crippen LogP contribution in [-0.2, 0) is 0 Å². The Bertz CT molecular complexity index is 901. The van der Waals surface area contributed by atoms with Crippen LogP contribution in [0.4, 0.5) is 26.3 Å². The summed E-state index contributed by atoms with van der Waals surface area (Å²) in [6, 6.07) is 0. The Morgan fingerprint density at radius 3 is 1.53 bits per heavy atom. The van der Waals surface area contributed by atoms with Crippen LogP contribution in [0.5, 0.6) is 23.0 Å². The van der Waals surface area contributed by atoms with Crippen LogP contribution in [0.15, 0.2) is 22.6 Å². The zero-order valence-corrected chi connectivity index (χ0v) is 25.5. The molecule has 2 aromatic heterocycles. The van der Waals surface area contributed by atoms with E-state index in [1.165, 1.54) is 22.7 Å². The molecule has 0 fully saturated rings. The van der Waals surface area contributed by atoms with Crippen molar-refractivity contribution in [3.63, 3.8) is 0 Å². The molecule has 0 spiro atoms. The number of hydrogen-bond acceptors (Lipinski definition) is 8. The summed E-state index contributed by atoms with van der Waals surface area (Å²) in [6.45, 7) is 4.12. The van der Waals surface area contributed by atoms with Crippen molar-refractivity contribution in [3.8, 4) is 23.0 Å². The maximum absolute atomic E-state index is 12.0. The van der Waals surface area contributed by atoms with Crippen molar-refractivity contribution in [2.24, 2.45) is 4.30 Å². The van der Waals surface area contributed by atoms with Crippen molar-refractivity contribution in [2.75, 3.05) is 26.4 Å². The van der Waals surface area contributed by atoms with Crippen LogP contribution in [-0.4, -0.2) is 46.4 Å². The number of alkyl halides is 6. The first-order valence-corrected chi connectivity index (χ1v) is 14.3. The van der Waals surface area contributed by atoms with Gasteiger partial charge in [0.2, 0.25) is 0 Å². The molecule has 0 aliphatic carbocycles. The molecule has 0 aliphatic heterocycles. The van der Waals surface area contributed by atoms with Crippen LogP contribution < -0.4 is 18.9 Å². The molecule has 219 valence electrons. The van der Waals surface area contributed by atoms with Gasteiger partial charge in [-0.25, -0.2) is 0 Å². The molecule has 0 unspecified atom stereocenters. The normalized spacial score (nSPS) is 10.7. The molecule has 5 nitrogen and oxygen atoms in total. The molecule has 17 heteroatoms. The zero-order chi connectivity index (χ0) is 28.5. The van der Waals surface area contributed by atoms with E-state index in [-0.39, 0.29) is 14.0 Å². The van der Waals surface area contributed by atoms with E-state index in [1.807, 2.05) is 13.8 Å². The molecule has 0 amide bonds. The summed E-state index contributed by atoms with van der Waals surface area (Å²) in [5.41, 5.74) is 0. The Balaban J connectivity index is 0. The Morgan fingerprint density at radius 1 is 0.789 bits per heavy atom. The first-order valence-electron chi connectivity index (χ1n) is 10.5. The third kappa shape index (κ3) is 18.6. The minimum atomic E-state index is -4.22. The van der Waals surface area contributed by atoms with E-state index in [1.54, 1.807) is 10.8 Å². The van der Waals surface area contributed by atoms with E-state index >= 15 is 0 Å². The topological polar surface area (TPSA) is 49.3 Å². The summed E-state index contributed by atoms with van der Waals surface area (Å²) < 4.78 is 96.7. The number of halogens is 8. The van der Waals surface area contributed by atoms with E-state index in [2.05, 4.69) is 56.6 Å². The van der Waals surface area contributed by atoms with E-state index in [4.69, 9.17) is 18.9 Å². The van der Waals surface area contributed by atoms with E-state index in [0.29, 0.717) is 43.8 Å². The molecule has 38 heavy (non-hydrogen) atoms. The number of thiol groups is 1. The van der Waals surface area contributed by atoms with Crippen LogP contribution in [0.2, 0.25) is 0 Å². The molecule has 0 N–H and O–H groups in total. The summed E-state index contributed by atoms with van der Waals surface area (Å²) in [5, 5.41) is 3.36. The average Bonchev–Trinajstić information content (AvgIpc) is 3.33. The fourth-order valence-electron chi connectivity index (χ4n) is 2.04. The van der Waals surface area contributed by atoms with Gasteiger partial charge in [0.15, 0.2) is 23.0 Å². The molecular weight excluding hydrogens is 711 g/mol. The van der Waals surface area contributed by atoms with Gasteiger partial charge >= 0.3 is 37.1 Å². The van der Waals surface area contributed by atoms with Gasteiger partial charge in [-0.2, -0.15) is 26.3 Å². The second kappa shape index (κ2) is 21.1. The summed E-state index contributed by atoms with van der Waals surface area (Å²) in [7, 11) is 4.34. The van der Waals surface area contributed by atoms with Gasteiger partial charge in [0.05, 0.1) is 39.3 Å². The predicted octanol–water partition coefficient (Wildman–Crippen LogP) is 10.1. The number of nitrogens with zero attached hydrogens (tertiary/aromatic N) is 1. The van der Waals surface area contributed by atoms with E-state index in [9.17, 15) is 26.3 Å². The van der Waals surface area contributed by atoms with Gasteiger partial charge in [0.25, 0.3) is 0 Å². The van der Waals surface area contributed by atoms with Crippen molar-refractivity contribution < 1.29 is 45.3 Å². The summed E-state index contributed by atoms with van der Waals surface area (Å²) >= 11 is 12.4. The molecule has 2 aromatic rings. The van der Waals surface area contributed by atoms with Crippen LogP contribution in [0.1, 0.15) is 47.0 Å². The van der Waals surface area contributed by atoms with Crippen molar-refractivity contribution in [1.29, 1.82) is 0 Å². The summed E-state index contributed by atoms with van der Waals surface area (Å²) in [6.07, 6.45) is -8.68. The third-order valence-electron chi connectivity index (χ3n) is 3.52.